The van der Waals surface area contributed by atoms with Crippen LogP contribution in [0.4, 0.5) is 0 Å². The monoisotopic (exact) mass is 312 g/mol. The first-order valence-electron chi connectivity index (χ1n) is 7.98. The lowest BCUT2D eigenvalue weighted by atomic mass is 9.81. The van der Waals surface area contributed by atoms with E-state index in [1.807, 2.05) is 30.3 Å². The van der Waals surface area contributed by atoms with Crippen LogP contribution >= 0.6 is 0 Å². The maximum absolute atomic E-state index is 12.4. The zero-order valence-corrected chi connectivity index (χ0v) is 12.9. The molecule has 2 atom stereocenters. The van der Waals surface area contributed by atoms with Crippen molar-refractivity contribution in [3.05, 3.63) is 42.1 Å². The van der Waals surface area contributed by atoms with Crippen molar-refractivity contribution in [2.24, 2.45) is 11.8 Å². The van der Waals surface area contributed by atoms with E-state index >= 15 is 0 Å². The second-order valence-corrected chi connectivity index (χ2v) is 6.11. The highest BCUT2D eigenvalue weighted by atomic mass is 16.4. The Morgan fingerprint density at radius 1 is 1.17 bits per heavy atom. The van der Waals surface area contributed by atoms with Gasteiger partial charge >= 0.3 is 5.97 Å². The summed E-state index contributed by atoms with van der Waals surface area (Å²) >= 11 is 0. The molecule has 0 bridgehead atoms. The third-order valence-electron chi connectivity index (χ3n) is 4.56. The fraction of sp³-hybridized carbons (Fsp3) is 0.389. The fourth-order valence-corrected chi connectivity index (χ4v) is 3.29. The molecule has 120 valence electrons. The van der Waals surface area contributed by atoms with Crippen LogP contribution in [0, 0.1) is 11.8 Å². The minimum absolute atomic E-state index is 0.0520. The summed E-state index contributed by atoms with van der Waals surface area (Å²) in [7, 11) is 0. The molecule has 23 heavy (non-hydrogen) atoms. The number of pyridine rings is 1. The van der Waals surface area contributed by atoms with Gasteiger partial charge in [-0.1, -0.05) is 30.7 Å². The Labute approximate surface area is 134 Å². The summed E-state index contributed by atoms with van der Waals surface area (Å²) in [6.45, 7) is 0.418. The molecule has 0 saturated heterocycles. The predicted molar refractivity (Wildman–Crippen MR) is 86.7 cm³/mol. The summed E-state index contributed by atoms with van der Waals surface area (Å²) in [6.07, 6.45) is 4.42. The predicted octanol–water partition coefficient (Wildman–Crippen LogP) is 2.74. The summed E-state index contributed by atoms with van der Waals surface area (Å²) in [5.41, 5.74) is 1.87. The van der Waals surface area contributed by atoms with E-state index in [1.54, 1.807) is 6.20 Å². The standard InChI is InChI=1S/C18H20N2O3/c21-17(13-5-2-6-14(10-13)18(22)23)20-11-15-7-1-4-12-8-3-9-19-16(12)15/h1,3-4,7-9,13-14H,2,5-6,10-11H2,(H,20,21)(H,22,23)/t13-,14+/m0/s1. The van der Waals surface area contributed by atoms with E-state index in [0.717, 1.165) is 29.3 Å². The molecule has 2 N–H and O–H groups in total. The molecule has 1 saturated carbocycles. The molecule has 0 spiro atoms. The summed E-state index contributed by atoms with van der Waals surface area (Å²) in [5.74, 6) is -1.43. The van der Waals surface area contributed by atoms with Gasteiger partial charge in [-0.2, -0.15) is 0 Å². The lowest BCUT2D eigenvalue weighted by molar-refractivity contribution is -0.144. The van der Waals surface area contributed by atoms with Gasteiger partial charge in [0.15, 0.2) is 0 Å². The Hall–Kier alpha value is -2.43. The normalized spacial score (nSPS) is 21.0. The molecule has 0 aliphatic heterocycles. The summed E-state index contributed by atoms with van der Waals surface area (Å²) in [5, 5.41) is 13.1. The molecular formula is C18H20N2O3. The smallest absolute Gasteiger partial charge is 0.306 e. The quantitative estimate of drug-likeness (QED) is 0.910. The lowest BCUT2D eigenvalue weighted by Gasteiger charge is -2.25. The van der Waals surface area contributed by atoms with Crippen molar-refractivity contribution in [2.75, 3.05) is 0 Å². The summed E-state index contributed by atoms with van der Waals surface area (Å²) in [4.78, 5) is 27.8. The molecule has 5 nitrogen and oxygen atoms in total. The molecule has 3 rings (SSSR count). The first-order chi connectivity index (χ1) is 11.1. The van der Waals surface area contributed by atoms with Gasteiger partial charge in [0.2, 0.25) is 5.91 Å². The molecule has 0 radical (unpaired) electrons. The maximum atomic E-state index is 12.4. The largest absolute Gasteiger partial charge is 0.481 e. The molecule has 0 unspecified atom stereocenters. The van der Waals surface area contributed by atoms with Crippen LogP contribution in [0.3, 0.4) is 0 Å². The summed E-state index contributed by atoms with van der Waals surface area (Å²) in [6, 6.07) is 9.78. The number of amides is 1. The molecule has 1 fully saturated rings. The van der Waals surface area contributed by atoms with E-state index in [-0.39, 0.29) is 11.8 Å². The Bertz CT molecular complexity index is 724. The van der Waals surface area contributed by atoms with Gasteiger partial charge in [0.25, 0.3) is 0 Å². The number of aliphatic carboxylic acids is 1. The van der Waals surface area contributed by atoms with Crippen molar-refractivity contribution in [3.63, 3.8) is 0 Å². The number of hydrogen-bond acceptors (Lipinski definition) is 3. The molecule has 1 amide bonds. The van der Waals surface area contributed by atoms with E-state index in [9.17, 15) is 9.59 Å². The van der Waals surface area contributed by atoms with Crippen LogP contribution in [0.5, 0.6) is 0 Å². The van der Waals surface area contributed by atoms with Gasteiger partial charge in [-0.15, -0.1) is 0 Å². The minimum atomic E-state index is -0.791. The van der Waals surface area contributed by atoms with E-state index in [0.29, 0.717) is 19.4 Å². The molecule has 1 aromatic carbocycles. The average molecular weight is 312 g/mol. The molecule has 1 aliphatic carbocycles. The number of carboxylic acids is 1. The first kappa shape index (κ1) is 15.5. The van der Waals surface area contributed by atoms with Gasteiger partial charge in [-0.3, -0.25) is 14.6 Å². The highest BCUT2D eigenvalue weighted by Gasteiger charge is 2.30. The third kappa shape index (κ3) is 3.50. The second-order valence-electron chi connectivity index (χ2n) is 6.11. The number of rotatable bonds is 4. The van der Waals surface area contributed by atoms with Gasteiger partial charge in [0.05, 0.1) is 11.4 Å². The first-order valence-corrected chi connectivity index (χ1v) is 7.98. The van der Waals surface area contributed by atoms with Crippen LogP contribution in [0.2, 0.25) is 0 Å². The van der Waals surface area contributed by atoms with Crippen molar-refractivity contribution >= 4 is 22.8 Å². The lowest BCUT2D eigenvalue weighted by Crippen LogP contribution is -2.35. The number of para-hydroxylation sites is 1. The molecule has 5 heteroatoms. The topological polar surface area (TPSA) is 79.3 Å². The Morgan fingerprint density at radius 3 is 2.78 bits per heavy atom. The van der Waals surface area contributed by atoms with Crippen LogP contribution in [-0.4, -0.2) is 22.0 Å². The number of nitrogens with zero attached hydrogens (tertiary/aromatic N) is 1. The Kier molecular flexibility index (Phi) is 4.55. The number of benzene rings is 1. The molecule has 1 aliphatic rings. The maximum Gasteiger partial charge on any atom is 0.306 e. The second kappa shape index (κ2) is 6.77. The van der Waals surface area contributed by atoms with Crippen molar-refractivity contribution in [3.8, 4) is 0 Å². The van der Waals surface area contributed by atoms with Crippen molar-refractivity contribution in [2.45, 2.75) is 32.2 Å². The number of carboxylic acid groups (broad SMARTS) is 1. The number of aromatic nitrogens is 1. The molecule has 1 aromatic heterocycles. The van der Waals surface area contributed by atoms with Crippen molar-refractivity contribution in [1.29, 1.82) is 0 Å². The van der Waals surface area contributed by atoms with Gasteiger partial charge in [-0.05, 0) is 30.9 Å². The number of fused-ring (bicyclic) bond motifs is 1. The number of hydrogen-bond donors (Lipinski definition) is 2. The molecule has 1 heterocycles. The van der Waals surface area contributed by atoms with E-state index in [4.69, 9.17) is 5.11 Å². The van der Waals surface area contributed by atoms with E-state index < -0.39 is 11.9 Å². The molecule has 2 aromatic rings. The third-order valence-corrected chi connectivity index (χ3v) is 4.56. The number of carbonyl (C=O) groups is 2. The fourth-order valence-electron chi connectivity index (χ4n) is 3.29. The number of nitrogens with one attached hydrogen (secondary N) is 1. The van der Waals surface area contributed by atoms with E-state index in [2.05, 4.69) is 10.3 Å². The van der Waals surface area contributed by atoms with Crippen LogP contribution in [0.25, 0.3) is 10.9 Å². The minimum Gasteiger partial charge on any atom is -0.481 e. The van der Waals surface area contributed by atoms with Gasteiger partial charge in [-0.25, -0.2) is 0 Å². The highest BCUT2D eigenvalue weighted by molar-refractivity contribution is 5.83. The Morgan fingerprint density at radius 2 is 1.96 bits per heavy atom. The van der Waals surface area contributed by atoms with Crippen LogP contribution in [0.15, 0.2) is 36.5 Å². The van der Waals surface area contributed by atoms with Crippen LogP contribution in [0.1, 0.15) is 31.2 Å². The van der Waals surface area contributed by atoms with E-state index in [1.165, 1.54) is 0 Å². The Balaban J connectivity index is 1.65. The van der Waals surface area contributed by atoms with Gasteiger partial charge in [0, 0.05) is 24.0 Å². The zero-order valence-electron chi connectivity index (χ0n) is 12.9. The van der Waals surface area contributed by atoms with Crippen LogP contribution < -0.4 is 5.32 Å². The SMILES string of the molecule is O=C(O)[C@@H]1CCC[C@H](C(=O)NCc2cccc3cccnc23)C1. The zero-order chi connectivity index (χ0) is 16.2. The number of carbonyl (C=O) groups excluding carboxylic acids is 1. The van der Waals surface area contributed by atoms with Crippen molar-refractivity contribution < 1.29 is 14.7 Å². The van der Waals surface area contributed by atoms with Gasteiger partial charge in [0.1, 0.15) is 0 Å². The average Bonchev–Trinajstić information content (AvgIpc) is 2.59. The highest BCUT2D eigenvalue weighted by Crippen LogP contribution is 2.29. The molecular weight excluding hydrogens is 292 g/mol. The van der Waals surface area contributed by atoms with Crippen molar-refractivity contribution in [1.82, 2.24) is 10.3 Å². The van der Waals surface area contributed by atoms with Crippen LogP contribution in [-0.2, 0) is 16.1 Å². The summed E-state index contributed by atoms with van der Waals surface area (Å²) < 4.78 is 0. The van der Waals surface area contributed by atoms with Gasteiger partial charge < -0.3 is 10.4 Å².